The molecule has 0 nitrogen and oxygen atoms in total. The summed E-state index contributed by atoms with van der Waals surface area (Å²) in [5.41, 5.74) is 18.8. The summed E-state index contributed by atoms with van der Waals surface area (Å²) >= 11 is 1.69. The van der Waals surface area contributed by atoms with E-state index in [9.17, 15) is 0 Å². The van der Waals surface area contributed by atoms with Crippen LogP contribution < -0.4 is 24.8 Å². The van der Waals surface area contributed by atoms with Crippen LogP contribution in [0.3, 0.4) is 0 Å². The Balaban J connectivity index is 0.000000330. The van der Waals surface area contributed by atoms with Gasteiger partial charge >= 0.3 is 59.5 Å². The molecule has 0 N–H and O–H groups in total. The van der Waals surface area contributed by atoms with E-state index in [-0.39, 0.29) is 24.8 Å². The van der Waals surface area contributed by atoms with Crippen LogP contribution in [0.25, 0.3) is 33.4 Å². The first-order valence-electron chi connectivity index (χ1n) is 15.8. The van der Waals surface area contributed by atoms with E-state index >= 15 is 0 Å². The van der Waals surface area contributed by atoms with Gasteiger partial charge in [-0.2, -0.15) is 42.0 Å². The minimum absolute atomic E-state index is 0. The predicted molar refractivity (Wildman–Crippen MR) is 183 cm³/mol. The van der Waals surface area contributed by atoms with E-state index in [0.29, 0.717) is 0 Å². The van der Waals surface area contributed by atoms with E-state index in [2.05, 4.69) is 102 Å². The maximum Gasteiger partial charge on any atom is -0.172 e. The molecule has 232 valence electrons. The van der Waals surface area contributed by atoms with Gasteiger partial charge in [-0.05, 0) is 70.2 Å². The zero-order valence-corrected chi connectivity index (χ0v) is 31.6. The van der Waals surface area contributed by atoms with Gasteiger partial charge in [0, 0.05) is 0 Å². The average molecular weight is 711 g/mol. The molecule has 1 saturated carbocycles. The third kappa shape index (κ3) is 9.10. The molecule has 5 aromatic rings. The van der Waals surface area contributed by atoms with Crippen LogP contribution in [0.15, 0.2) is 84.9 Å². The van der Waals surface area contributed by atoms with Crippen LogP contribution in [0.4, 0.5) is 0 Å². The molecule has 2 aliphatic carbocycles. The zero-order valence-electron chi connectivity index (χ0n) is 27.6. The Bertz CT molecular complexity index is 1570. The van der Waals surface area contributed by atoms with E-state index in [1.54, 1.807) is 27.4 Å². The van der Waals surface area contributed by atoms with Crippen molar-refractivity contribution >= 4 is 3.21 Å². The first kappa shape index (κ1) is 37.0. The van der Waals surface area contributed by atoms with Gasteiger partial charge in [0.1, 0.15) is 0 Å². The van der Waals surface area contributed by atoms with E-state index in [1.807, 2.05) is 30.3 Å². The van der Waals surface area contributed by atoms with Crippen molar-refractivity contribution in [2.45, 2.75) is 80.1 Å². The molecule has 0 unspecified atom stereocenters. The summed E-state index contributed by atoms with van der Waals surface area (Å²) < 4.78 is 1.80. The minimum Gasteiger partial charge on any atom is -0.214 e. The van der Waals surface area contributed by atoms with Crippen molar-refractivity contribution in [1.29, 1.82) is 0 Å². The molecule has 2 aliphatic rings. The second kappa shape index (κ2) is 16.9. The maximum atomic E-state index is 3.62. The molecule has 0 saturated heterocycles. The second-order valence-electron chi connectivity index (χ2n) is 12.5. The number of hydrogen-bond donors (Lipinski definition) is 0. The number of benzene rings is 4. The standard InChI is InChI=1S/C31H29.C6H10.C5H5.2ClH.Zr/c1-18-11-20(3)30(21(4)12-18)26-9-7-24-15-25-8-10-27(17-29(25)28(24)16-26)31-22(5)13-19(2)14-23(31)6;1-2-4-6-5-3-1;1-2-4-5-3-1;;;/h7,9-14,16-17H,15H2,1-6H3;1-5H2;1-5H;2*1H;/q-1;;-1;;;+2/p-2. The number of aryl methyl sites for hydroxylation is 6. The molecule has 0 heterocycles. The fourth-order valence-corrected chi connectivity index (χ4v) is 7.82. The minimum atomic E-state index is 0. The van der Waals surface area contributed by atoms with Gasteiger partial charge in [0.2, 0.25) is 0 Å². The van der Waals surface area contributed by atoms with Gasteiger partial charge in [-0.3, -0.25) is 0 Å². The number of fused-ring (bicyclic) bond motifs is 3. The summed E-state index contributed by atoms with van der Waals surface area (Å²) in [4.78, 5) is 0. The molecule has 3 heteroatoms. The molecule has 0 amide bonds. The van der Waals surface area contributed by atoms with E-state index < -0.39 is 0 Å². The molecule has 0 bridgehead atoms. The topological polar surface area (TPSA) is 0 Å². The first-order chi connectivity index (χ1) is 20.7. The van der Waals surface area contributed by atoms with E-state index in [4.69, 9.17) is 0 Å². The van der Waals surface area contributed by atoms with Crippen LogP contribution in [0.2, 0.25) is 0 Å². The summed E-state index contributed by atoms with van der Waals surface area (Å²) in [5.74, 6) is 0. The van der Waals surface area contributed by atoms with Crippen LogP contribution in [0.5, 0.6) is 0 Å². The van der Waals surface area contributed by atoms with Crippen LogP contribution in [0, 0.1) is 47.6 Å². The third-order valence-corrected chi connectivity index (χ3v) is 9.97. The Hall–Kier alpha value is -2.44. The van der Waals surface area contributed by atoms with Crippen LogP contribution in [0.1, 0.15) is 76.6 Å². The van der Waals surface area contributed by atoms with Gasteiger partial charge in [0.25, 0.3) is 0 Å². The molecule has 45 heavy (non-hydrogen) atoms. The predicted octanol–water partition coefficient (Wildman–Crippen LogP) is 5.33. The van der Waals surface area contributed by atoms with Crippen LogP contribution in [-0.2, 0) is 30.7 Å². The van der Waals surface area contributed by atoms with Gasteiger partial charge in [0.05, 0.1) is 0 Å². The molecule has 0 aromatic heterocycles. The fourth-order valence-electron chi connectivity index (χ4n) is 6.96. The average Bonchev–Trinajstić information content (AvgIpc) is 3.65. The SMILES string of the molecule is Cc1cc(C)c(-c2c[c-]c3c(c2)-c2cc(-c4c(C)cc(C)cc4C)ccc2C3)c(C)c1.[Cl-].[Cl-].[Zr+2]=[C]1CCCCC1.c1cc[cH-]c1. The first-order valence-corrected chi connectivity index (χ1v) is 17.0. The maximum absolute atomic E-state index is 3.62. The normalized spacial score (nSPS) is 12.8. The van der Waals surface area contributed by atoms with Crippen molar-refractivity contribution < 1.29 is 49.0 Å². The molecule has 0 aliphatic heterocycles. The largest absolute Gasteiger partial charge is 0.214 e. The fraction of sp³-hybridized carbons (Fsp3) is 0.286. The van der Waals surface area contributed by atoms with Gasteiger partial charge in [-0.25, -0.2) is 12.1 Å². The molecule has 5 aromatic carbocycles. The molecule has 0 atom stereocenters. The third-order valence-electron chi connectivity index (χ3n) is 8.74. The Morgan fingerprint density at radius 2 is 1.13 bits per heavy atom. The summed E-state index contributed by atoms with van der Waals surface area (Å²) in [6.07, 6.45) is 8.29. The van der Waals surface area contributed by atoms with E-state index in [1.165, 1.54) is 110 Å². The van der Waals surface area contributed by atoms with Gasteiger partial charge in [0.15, 0.2) is 0 Å². The molecular formula is C42H44Cl2Zr-2. The monoisotopic (exact) mass is 708 g/mol. The number of hydrogen-bond acceptors (Lipinski definition) is 0. The molecule has 7 rings (SSSR count). The molecule has 1 fully saturated rings. The van der Waals surface area contributed by atoms with E-state index in [0.717, 1.165) is 6.42 Å². The Labute approximate surface area is 299 Å². The van der Waals surface area contributed by atoms with Gasteiger partial charge in [-0.1, -0.05) is 81.4 Å². The molecule has 0 spiro atoms. The second-order valence-corrected chi connectivity index (χ2v) is 14.2. The molecule has 0 radical (unpaired) electrons. The summed E-state index contributed by atoms with van der Waals surface area (Å²) in [6, 6.07) is 34.4. The van der Waals surface area contributed by atoms with Gasteiger partial charge in [-0.15, -0.1) is 11.1 Å². The van der Waals surface area contributed by atoms with Crippen molar-refractivity contribution in [3.63, 3.8) is 0 Å². The molecular weight excluding hydrogens is 667 g/mol. The summed E-state index contributed by atoms with van der Waals surface area (Å²) in [7, 11) is 0. The van der Waals surface area contributed by atoms with Gasteiger partial charge < -0.3 is 24.8 Å². The van der Waals surface area contributed by atoms with Crippen LogP contribution in [-0.4, -0.2) is 3.21 Å². The van der Waals surface area contributed by atoms with Crippen molar-refractivity contribution in [3.05, 3.63) is 136 Å². The number of halogens is 2. The van der Waals surface area contributed by atoms with Crippen molar-refractivity contribution in [3.8, 4) is 33.4 Å². The summed E-state index contributed by atoms with van der Waals surface area (Å²) in [5, 5.41) is 0. The summed E-state index contributed by atoms with van der Waals surface area (Å²) in [6.45, 7) is 13.2. The Morgan fingerprint density at radius 1 is 0.622 bits per heavy atom. The van der Waals surface area contributed by atoms with Crippen molar-refractivity contribution in [2.75, 3.05) is 0 Å². The van der Waals surface area contributed by atoms with Crippen molar-refractivity contribution in [1.82, 2.24) is 0 Å². The number of rotatable bonds is 2. The van der Waals surface area contributed by atoms with Crippen LogP contribution >= 0.6 is 0 Å². The Kier molecular flexibility index (Phi) is 13.9. The Morgan fingerprint density at radius 3 is 1.60 bits per heavy atom. The quantitative estimate of drug-likeness (QED) is 0.214. The zero-order chi connectivity index (χ0) is 30.5. The van der Waals surface area contributed by atoms with Crippen molar-refractivity contribution in [2.24, 2.45) is 0 Å². The smallest absolute Gasteiger partial charge is 0.172 e.